The Labute approximate surface area is 155 Å². The van der Waals surface area contributed by atoms with Crippen LogP contribution in [0.25, 0.3) is 0 Å². The van der Waals surface area contributed by atoms with Gasteiger partial charge in [-0.1, -0.05) is 5.16 Å². The first-order valence-electron chi connectivity index (χ1n) is 7.89. The number of nitriles is 1. The van der Waals surface area contributed by atoms with Gasteiger partial charge in [-0.15, -0.1) is 11.8 Å². The topological polar surface area (TPSA) is 91.8 Å². The predicted octanol–water partition coefficient (Wildman–Crippen LogP) is 4.10. The van der Waals surface area contributed by atoms with E-state index in [1.165, 1.54) is 11.8 Å². The van der Waals surface area contributed by atoms with Gasteiger partial charge in [0.2, 0.25) is 0 Å². The van der Waals surface area contributed by atoms with Crippen molar-refractivity contribution in [1.82, 2.24) is 10.1 Å². The van der Waals surface area contributed by atoms with Crippen LogP contribution in [-0.2, 0) is 5.75 Å². The Morgan fingerprint density at radius 1 is 1.27 bits per heavy atom. The van der Waals surface area contributed by atoms with Crippen LogP contribution < -0.4 is 5.32 Å². The molecule has 2 heterocycles. The number of nitrogens with zero attached hydrogens (tertiary/aromatic N) is 3. The molecule has 6 nitrogen and oxygen atoms in total. The number of nitrogens with one attached hydrogen (secondary N) is 1. The molecule has 2 aromatic heterocycles. The van der Waals surface area contributed by atoms with E-state index in [9.17, 15) is 4.79 Å². The number of anilines is 1. The molecule has 26 heavy (non-hydrogen) atoms. The average Bonchev–Trinajstić information content (AvgIpc) is 2.98. The fourth-order valence-electron chi connectivity index (χ4n) is 2.35. The van der Waals surface area contributed by atoms with Crippen molar-refractivity contribution in [2.24, 2.45) is 0 Å². The number of aryl methyl sites for hydroxylation is 2. The lowest BCUT2D eigenvalue weighted by atomic mass is 10.2. The quantitative estimate of drug-likeness (QED) is 0.685. The van der Waals surface area contributed by atoms with Gasteiger partial charge in [0.1, 0.15) is 10.8 Å². The van der Waals surface area contributed by atoms with Gasteiger partial charge in [0, 0.05) is 23.2 Å². The molecule has 1 aromatic carbocycles. The van der Waals surface area contributed by atoms with E-state index in [0.29, 0.717) is 27.6 Å². The molecule has 1 N–H and O–H groups in total. The standard InChI is InChI=1S/C19H16N4O2S/c1-12-17(13(2)25-23-12)11-26-19-16(4-3-9-21-19)18(24)22-15-7-5-14(10-20)6-8-15/h3-9H,11H2,1-2H3,(H,22,24). The molecule has 130 valence electrons. The molecule has 3 rings (SSSR count). The van der Waals surface area contributed by atoms with Gasteiger partial charge in [0.25, 0.3) is 5.91 Å². The lowest BCUT2D eigenvalue weighted by Crippen LogP contribution is -2.13. The Bertz CT molecular complexity index is 954. The van der Waals surface area contributed by atoms with Crippen LogP contribution in [0.3, 0.4) is 0 Å². The van der Waals surface area contributed by atoms with E-state index in [1.807, 2.05) is 19.9 Å². The zero-order chi connectivity index (χ0) is 18.5. The Balaban J connectivity index is 1.75. The molecule has 0 radical (unpaired) electrons. The largest absolute Gasteiger partial charge is 0.361 e. The van der Waals surface area contributed by atoms with E-state index in [0.717, 1.165) is 17.0 Å². The number of benzene rings is 1. The third-order valence-corrected chi connectivity index (χ3v) is 4.85. The molecule has 0 spiro atoms. The van der Waals surface area contributed by atoms with Crippen LogP contribution >= 0.6 is 11.8 Å². The number of carbonyl (C=O) groups is 1. The van der Waals surface area contributed by atoms with Crippen LogP contribution in [0.4, 0.5) is 5.69 Å². The first-order chi connectivity index (χ1) is 12.6. The highest BCUT2D eigenvalue weighted by atomic mass is 32.2. The number of rotatable bonds is 5. The van der Waals surface area contributed by atoms with Gasteiger partial charge >= 0.3 is 0 Å². The zero-order valence-electron chi connectivity index (χ0n) is 14.3. The highest BCUT2D eigenvalue weighted by Crippen LogP contribution is 2.27. The number of pyridine rings is 1. The van der Waals surface area contributed by atoms with Crippen molar-refractivity contribution < 1.29 is 9.32 Å². The minimum atomic E-state index is -0.246. The maximum Gasteiger partial charge on any atom is 0.258 e. The van der Waals surface area contributed by atoms with Crippen molar-refractivity contribution in [3.63, 3.8) is 0 Å². The Hall–Kier alpha value is -3.11. The summed E-state index contributed by atoms with van der Waals surface area (Å²) in [5.41, 5.74) is 3.52. The molecule has 0 fully saturated rings. The van der Waals surface area contributed by atoms with Crippen LogP contribution in [0, 0.1) is 25.2 Å². The summed E-state index contributed by atoms with van der Waals surface area (Å²) in [4.78, 5) is 17.0. The van der Waals surface area contributed by atoms with Crippen molar-refractivity contribution in [3.8, 4) is 6.07 Å². The van der Waals surface area contributed by atoms with Gasteiger partial charge in [-0.25, -0.2) is 4.98 Å². The first-order valence-corrected chi connectivity index (χ1v) is 8.88. The maximum absolute atomic E-state index is 12.6. The summed E-state index contributed by atoms with van der Waals surface area (Å²) in [7, 11) is 0. The van der Waals surface area contributed by atoms with Crippen LogP contribution in [-0.4, -0.2) is 16.0 Å². The van der Waals surface area contributed by atoms with Crippen molar-refractivity contribution in [2.45, 2.75) is 24.6 Å². The maximum atomic E-state index is 12.6. The first kappa shape index (κ1) is 17.7. The molecule has 0 atom stereocenters. The molecule has 0 unspecified atom stereocenters. The third kappa shape index (κ3) is 3.92. The van der Waals surface area contributed by atoms with Crippen molar-refractivity contribution >= 4 is 23.4 Å². The van der Waals surface area contributed by atoms with E-state index in [-0.39, 0.29) is 5.91 Å². The van der Waals surface area contributed by atoms with Gasteiger partial charge in [-0.3, -0.25) is 4.79 Å². The van der Waals surface area contributed by atoms with Crippen LogP contribution in [0.2, 0.25) is 0 Å². The zero-order valence-corrected chi connectivity index (χ0v) is 15.1. The van der Waals surface area contributed by atoms with Gasteiger partial charge in [-0.05, 0) is 50.2 Å². The summed E-state index contributed by atoms with van der Waals surface area (Å²) < 4.78 is 5.17. The molecule has 3 aromatic rings. The fraction of sp³-hybridized carbons (Fsp3) is 0.158. The Morgan fingerprint density at radius 3 is 2.69 bits per heavy atom. The molecule has 0 aliphatic heterocycles. The molecule has 0 aliphatic carbocycles. The van der Waals surface area contributed by atoms with Gasteiger partial charge in [0.05, 0.1) is 22.9 Å². The van der Waals surface area contributed by atoms with Crippen LogP contribution in [0.15, 0.2) is 52.1 Å². The highest BCUT2D eigenvalue weighted by molar-refractivity contribution is 7.98. The second kappa shape index (κ2) is 7.85. The molecule has 0 bridgehead atoms. The molecule has 0 saturated heterocycles. The lowest BCUT2D eigenvalue weighted by Gasteiger charge is -2.09. The van der Waals surface area contributed by atoms with Crippen LogP contribution in [0.5, 0.6) is 0 Å². The summed E-state index contributed by atoms with van der Waals surface area (Å²) in [5, 5.41) is 16.3. The molecular weight excluding hydrogens is 348 g/mol. The van der Waals surface area contributed by atoms with Gasteiger partial charge < -0.3 is 9.84 Å². The smallest absolute Gasteiger partial charge is 0.258 e. The monoisotopic (exact) mass is 364 g/mol. The summed E-state index contributed by atoms with van der Waals surface area (Å²) in [5.74, 6) is 1.15. The summed E-state index contributed by atoms with van der Waals surface area (Å²) in [6.07, 6.45) is 1.66. The molecule has 1 amide bonds. The highest BCUT2D eigenvalue weighted by Gasteiger charge is 2.15. The van der Waals surface area contributed by atoms with E-state index >= 15 is 0 Å². The normalized spacial score (nSPS) is 10.3. The fourth-order valence-corrected chi connectivity index (χ4v) is 3.50. The van der Waals surface area contributed by atoms with Crippen molar-refractivity contribution in [3.05, 3.63) is 70.7 Å². The second-order valence-corrected chi connectivity index (χ2v) is 6.55. The molecule has 0 saturated carbocycles. The Kier molecular flexibility index (Phi) is 5.34. The lowest BCUT2D eigenvalue weighted by molar-refractivity contribution is 0.102. The Morgan fingerprint density at radius 2 is 2.04 bits per heavy atom. The molecule has 7 heteroatoms. The number of thioether (sulfide) groups is 1. The average molecular weight is 364 g/mol. The molecule has 0 aliphatic rings. The SMILES string of the molecule is Cc1noc(C)c1CSc1ncccc1C(=O)Nc1ccc(C#N)cc1. The van der Waals surface area contributed by atoms with E-state index in [2.05, 4.69) is 15.5 Å². The second-order valence-electron chi connectivity index (χ2n) is 5.59. The van der Waals surface area contributed by atoms with Gasteiger partial charge in [-0.2, -0.15) is 5.26 Å². The van der Waals surface area contributed by atoms with Crippen LogP contribution in [0.1, 0.15) is 32.9 Å². The summed E-state index contributed by atoms with van der Waals surface area (Å²) in [6, 6.07) is 12.2. The minimum Gasteiger partial charge on any atom is -0.361 e. The van der Waals surface area contributed by atoms with E-state index in [1.54, 1.807) is 42.6 Å². The van der Waals surface area contributed by atoms with Gasteiger partial charge in [0.15, 0.2) is 0 Å². The molecular formula is C19H16N4O2S. The summed E-state index contributed by atoms with van der Waals surface area (Å²) in [6.45, 7) is 3.76. The number of hydrogen-bond acceptors (Lipinski definition) is 6. The number of amides is 1. The van der Waals surface area contributed by atoms with Crippen molar-refractivity contribution in [1.29, 1.82) is 5.26 Å². The number of carbonyl (C=O) groups excluding carboxylic acids is 1. The van der Waals surface area contributed by atoms with Crippen molar-refractivity contribution in [2.75, 3.05) is 5.32 Å². The van der Waals surface area contributed by atoms with E-state index < -0.39 is 0 Å². The van der Waals surface area contributed by atoms with E-state index in [4.69, 9.17) is 9.78 Å². The predicted molar refractivity (Wildman–Crippen MR) is 98.9 cm³/mol. The minimum absolute atomic E-state index is 0.246. The third-order valence-electron chi connectivity index (χ3n) is 3.82. The number of aromatic nitrogens is 2. The summed E-state index contributed by atoms with van der Waals surface area (Å²) >= 11 is 1.46. The number of hydrogen-bond donors (Lipinski definition) is 1.